The van der Waals surface area contributed by atoms with Crippen LogP contribution in [0.3, 0.4) is 0 Å². The van der Waals surface area contributed by atoms with E-state index in [0.717, 1.165) is 63.2 Å². The first kappa shape index (κ1) is 22.5. The Hall–Kier alpha value is -4.73. The van der Waals surface area contributed by atoms with Gasteiger partial charge >= 0.3 is 0 Å². The molecular weight excluding hydrogens is 492 g/mol. The molecule has 8 nitrogen and oxygen atoms in total. The van der Waals surface area contributed by atoms with Crippen LogP contribution in [-0.2, 0) is 13.1 Å². The summed E-state index contributed by atoms with van der Waals surface area (Å²) in [7, 11) is 0. The molecule has 1 aromatic carbocycles. The molecular formula is C29H22N8S. The summed E-state index contributed by atoms with van der Waals surface area (Å²) >= 11 is 1.64. The number of pyridine rings is 3. The summed E-state index contributed by atoms with van der Waals surface area (Å²) < 4.78 is 0. The first-order valence-corrected chi connectivity index (χ1v) is 13.2. The van der Waals surface area contributed by atoms with Gasteiger partial charge in [-0.3, -0.25) is 15.1 Å². The van der Waals surface area contributed by atoms with E-state index in [1.807, 2.05) is 36.1 Å². The fourth-order valence-corrected chi connectivity index (χ4v) is 5.23. The molecule has 38 heavy (non-hydrogen) atoms. The maximum atomic E-state index is 4.89. The minimum absolute atomic E-state index is 0.673. The van der Waals surface area contributed by atoms with E-state index in [1.54, 1.807) is 17.5 Å². The maximum Gasteiger partial charge on any atom is 0.159 e. The Bertz CT molecular complexity index is 1850. The number of imidazole rings is 1. The van der Waals surface area contributed by atoms with Gasteiger partial charge in [0.1, 0.15) is 11.2 Å². The van der Waals surface area contributed by atoms with Crippen molar-refractivity contribution >= 4 is 33.4 Å². The average molecular weight is 515 g/mol. The molecule has 0 spiro atoms. The summed E-state index contributed by atoms with van der Waals surface area (Å²) in [5.74, 6) is 0.673. The lowest BCUT2D eigenvalue weighted by Crippen LogP contribution is -2.12. The highest BCUT2D eigenvalue weighted by Crippen LogP contribution is 2.32. The molecule has 184 valence electrons. The van der Waals surface area contributed by atoms with Gasteiger partial charge in [0.2, 0.25) is 0 Å². The zero-order valence-corrected chi connectivity index (χ0v) is 21.0. The summed E-state index contributed by atoms with van der Waals surface area (Å²) in [5.41, 5.74) is 9.39. The maximum absolute atomic E-state index is 4.89. The Morgan fingerprint density at radius 2 is 1.71 bits per heavy atom. The van der Waals surface area contributed by atoms with Crippen LogP contribution in [0.4, 0.5) is 0 Å². The lowest BCUT2D eigenvalue weighted by molar-refractivity contribution is 0.691. The third kappa shape index (κ3) is 4.23. The zero-order valence-electron chi connectivity index (χ0n) is 20.2. The molecule has 0 atom stereocenters. The highest BCUT2D eigenvalue weighted by Gasteiger charge is 2.17. The van der Waals surface area contributed by atoms with Crippen molar-refractivity contribution in [3.05, 3.63) is 101 Å². The van der Waals surface area contributed by atoms with Gasteiger partial charge in [-0.15, -0.1) is 0 Å². The SMILES string of the molecule is c1ccc(CNCc2cncc(-c3cnc4[nH]nc(-c5nc6c(-c7ccsc7)nccc6[nH]5)c4c3)c2)cc1. The Labute approximate surface area is 221 Å². The smallest absolute Gasteiger partial charge is 0.159 e. The van der Waals surface area contributed by atoms with Crippen LogP contribution in [0, 0.1) is 0 Å². The van der Waals surface area contributed by atoms with Crippen LogP contribution in [0.5, 0.6) is 0 Å². The summed E-state index contributed by atoms with van der Waals surface area (Å²) in [6, 6.07) is 18.6. The van der Waals surface area contributed by atoms with E-state index >= 15 is 0 Å². The number of fused-ring (bicyclic) bond motifs is 2. The third-order valence-corrected chi connectivity index (χ3v) is 7.15. The summed E-state index contributed by atoms with van der Waals surface area (Å²) in [5, 5.41) is 16.1. The molecule has 0 radical (unpaired) electrons. The zero-order chi connectivity index (χ0) is 25.3. The number of hydrogen-bond donors (Lipinski definition) is 3. The summed E-state index contributed by atoms with van der Waals surface area (Å²) in [6.07, 6.45) is 7.40. The van der Waals surface area contributed by atoms with Crippen LogP contribution in [0.2, 0.25) is 0 Å². The molecule has 0 aliphatic rings. The lowest BCUT2D eigenvalue weighted by atomic mass is 10.1. The number of aromatic nitrogens is 7. The van der Waals surface area contributed by atoms with Crippen LogP contribution in [0.25, 0.3) is 56.0 Å². The number of nitrogens with zero attached hydrogens (tertiary/aromatic N) is 5. The molecule has 0 amide bonds. The van der Waals surface area contributed by atoms with Gasteiger partial charge in [-0.2, -0.15) is 16.4 Å². The van der Waals surface area contributed by atoms with Gasteiger partial charge in [0.25, 0.3) is 0 Å². The standard InChI is InChI=1S/C29H22N8S/c1-2-4-18(5-3-1)12-30-13-19-10-21(15-31-14-19)22-11-23-26(36-37-28(23)33-16-22)29-34-24-6-8-32-25(27(24)35-29)20-7-9-38-17-20/h1-11,14-17,30H,12-13H2,(H,34,35)(H,33,36,37). The molecule has 6 heterocycles. The molecule has 0 bridgehead atoms. The highest BCUT2D eigenvalue weighted by molar-refractivity contribution is 7.08. The Balaban J connectivity index is 1.20. The topological polar surface area (TPSA) is 108 Å². The van der Waals surface area contributed by atoms with Gasteiger partial charge in [0.05, 0.1) is 16.6 Å². The second-order valence-electron chi connectivity index (χ2n) is 9.02. The number of thiophene rings is 1. The molecule has 7 rings (SSSR count). The fourth-order valence-electron chi connectivity index (χ4n) is 4.59. The Morgan fingerprint density at radius 3 is 2.61 bits per heavy atom. The minimum Gasteiger partial charge on any atom is -0.336 e. The highest BCUT2D eigenvalue weighted by atomic mass is 32.1. The van der Waals surface area contributed by atoms with E-state index in [4.69, 9.17) is 4.98 Å². The van der Waals surface area contributed by atoms with Crippen LogP contribution in [0.1, 0.15) is 11.1 Å². The first-order valence-electron chi connectivity index (χ1n) is 12.2. The fraction of sp³-hybridized carbons (Fsp3) is 0.0690. The molecule has 0 aliphatic heterocycles. The normalized spacial score (nSPS) is 11.5. The van der Waals surface area contributed by atoms with Gasteiger partial charge in [0.15, 0.2) is 11.5 Å². The number of hydrogen-bond acceptors (Lipinski definition) is 7. The van der Waals surface area contributed by atoms with Crippen molar-refractivity contribution in [3.8, 4) is 33.9 Å². The molecule has 9 heteroatoms. The molecule has 0 unspecified atom stereocenters. The van der Waals surface area contributed by atoms with Crippen LogP contribution < -0.4 is 5.32 Å². The molecule has 7 aromatic rings. The monoisotopic (exact) mass is 514 g/mol. The van der Waals surface area contributed by atoms with Crippen molar-refractivity contribution in [2.75, 3.05) is 0 Å². The number of H-pyrrole nitrogens is 2. The van der Waals surface area contributed by atoms with E-state index in [1.165, 1.54) is 5.56 Å². The van der Waals surface area contributed by atoms with E-state index < -0.39 is 0 Å². The van der Waals surface area contributed by atoms with E-state index in [0.29, 0.717) is 11.5 Å². The predicted molar refractivity (Wildman–Crippen MR) is 150 cm³/mol. The van der Waals surface area contributed by atoms with E-state index in [2.05, 4.69) is 83.3 Å². The van der Waals surface area contributed by atoms with Crippen molar-refractivity contribution in [2.45, 2.75) is 13.1 Å². The van der Waals surface area contributed by atoms with Gasteiger partial charge in [-0.05, 0) is 40.8 Å². The second kappa shape index (κ2) is 9.62. The second-order valence-corrected chi connectivity index (χ2v) is 9.80. The summed E-state index contributed by atoms with van der Waals surface area (Å²) in [4.78, 5) is 22.0. The van der Waals surface area contributed by atoms with Crippen molar-refractivity contribution in [2.24, 2.45) is 0 Å². The molecule has 0 saturated heterocycles. The molecule has 6 aromatic heterocycles. The summed E-state index contributed by atoms with van der Waals surface area (Å²) in [6.45, 7) is 1.53. The van der Waals surface area contributed by atoms with Gasteiger partial charge in [-0.25, -0.2) is 9.97 Å². The molecule has 3 N–H and O–H groups in total. The molecule has 0 saturated carbocycles. The number of nitrogens with one attached hydrogen (secondary N) is 3. The Kier molecular flexibility index (Phi) is 5.69. The van der Waals surface area contributed by atoms with Gasteiger partial charge in [-0.1, -0.05) is 30.3 Å². The third-order valence-electron chi connectivity index (χ3n) is 6.47. The molecule has 0 aliphatic carbocycles. The van der Waals surface area contributed by atoms with Gasteiger partial charge < -0.3 is 10.3 Å². The number of aromatic amines is 2. The van der Waals surface area contributed by atoms with Crippen molar-refractivity contribution in [1.82, 2.24) is 40.4 Å². The predicted octanol–water partition coefficient (Wildman–Crippen LogP) is 5.98. The van der Waals surface area contributed by atoms with E-state index in [-0.39, 0.29) is 0 Å². The van der Waals surface area contributed by atoms with Gasteiger partial charge in [0, 0.05) is 59.9 Å². The quantitative estimate of drug-likeness (QED) is 0.242. The van der Waals surface area contributed by atoms with Crippen molar-refractivity contribution in [3.63, 3.8) is 0 Å². The number of rotatable bonds is 7. The minimum atomic E-state index is 0.673. The first-order chi connectivity index (χ1) is 18.8. The molecule has 0 fully saturated rings. The average Bonchev–Trinajstić information content (AvgIpc) is 3.73. The number of benzene rings is 1. The largest absolute Gasteiger partial charge is 0.336 e. The van der Waals surface area contributed by atoms with Crippen molar-refractivity contribution in [1.29, 1.82) is 0 Å². The lowest BCUT2D eigenvalue weighted by Gasteiger charge is -2.07. The van der Waals surface area contributed by atoms with Crippen LogP contribution in [0.15, 0.2) is 90.1 Å². The van der Waals surface area contributed by atoms with Crippen LogP contribution >= 0.6 is 11.3 Å². The Morgan fingerprint density at radius 1 is 0.816 bits per heavy atom. The van der Waals surface area contributed by atoms with E-state index in [9.17, 15) is 0 Å². The van der Waals surface area contributed by atoms with Crippen molar-refractivity contribution < 1.29 is 0 Å². The van der Waals surface area contributed by atoms with Crippen LogP contribution in [-0.4, -0.2) is 35.1 Å².